The zero-order valence-corrected chi connectivity index (χ0v) is 14.9. The fourth-order valence-electron chi connectivity index (χ4n) is 4.04. The summed E-state index contributed by atoms with van der Waals surface area (Å²) in [5, 5.41) is 8.85. The van der Waals surface area contributed by atoms with E-state index in [2.05, 4.69) is 15.5 Å². The van der Waals surface area contributed by atoms with E-state index in [1.165, 1.54) is 0 Å². The molecule has 132 valence electrons. The summed E-state index contributed by atoms with van der Waals surface area (Å²) in [6, 6.07) is 7.80. The molecule has 0 aromatic carbocycles. The van der Waals surface area contributed by atoms with Gasteiger partial charge < -0.3 is 9.73 Å². The number of thiophene rings is 1. The number of H-pyrrole nitrogens is 2. The van der Waals surface area contributed by atoms with Gasteiger partial charge in [-0.1, -0.05) is 0 Å². The van der Waals surface area contributed by atoms with Crippen LogP contribution < -0.4 is 10.9 Å². The number of Topliss-reactive ketones (excluding diaryl/α,β-unsaturated/α-hetero) is 1. The van der Waals surface area contributed by atoms with E-state index in [0.717, 1.165) is 21.2 Å². The molecule has 3 aromatic heterocycles. The first-order valence-electron chi connectivity index (χ1n) is 8.55. The van der Waals surface area contributed by atoms with Crippen LogP contribution >= 0.6 is 11.3 Å². The van der Waals surface area contributed by atoms with E-state index in [-0.39, 0.29) is 23.2 Å². The summed E-state index contributed by atoms with van der Waals surface area (Å²) in [5.74, 6) is 1.24. The van der Waals surface area contributed by atoms with E-state index >= 15 is 0 Å². The van der Waals surface area contributed by atoms with E-state index in [4.69, 9.17) is 4.42 Å². The fraction of sp³-hybridized carbons (Fsp3) is 0.263. The lowest BCUT2D eigenvalue weighted by atomic mass is 9.75. The number of rotatable bonds is 2. The van der Waals surface area contributed by atoms with Crippen LogP contribution in [0.3, 0.4) is 0 Å². The molecule has 6 nitrogen and oxygen atoms in total. The predicted molar refractivity (Wildman–Crippen MR) is 98.7 cm³/mol. The van der Waals surface area contributed by atoms with E-state index in [1.807, 2.05) is 31.2 Å². The third-order valence-corrected chi connectivity index (χ3v) is 6.23. The second kappa shape index (κ2) is 5.60. The SMILES string of the molecule is Cc1ccc([C@H]2C3=C(C[C@@H](c4ccco4)CC3=O)Nc3[nH][nH]c(=O)c32)s1. The highest BCUT2D eigenvalue weighted by Crippen LogP contribution is 2.47. The molecule has 0 saturated carbocycles. The molecule has 0 spiro atoms. The first kappa shape index (κ1) is 15.5. The molecule has 1 aliphatic carbocycles. The van der Waals surface area contributed by atoms with Crippen molar-refractivity contribution in [1.29, 1.82) is 0 Å². The van der Waals surface area contributed by atoms with Crippen molar-refractivity contribution < 1.29 is 9.21 Å². The molecule has 0 unspecified atom stereocenters. The number of carbonyl (C=O) groups excluding carboxylic acids is 1. The lowest BCUT2D eigenvalue weighted by Gasteiger charge is -2.33. The highest BCUT2D eigenvalue weighted by atomic mass is 32.1. The van der Waals surface area contributed by atoms with E-state index in [1.54, 1.807) is 17.6 Å². The number of ketones is 1. The molecule has 0 bridgehead atoms. The third kappa shape index (κ3) is 2.24. The molecule has 2 aliphatic rings. The van der Waals surface area contributed by atoms with Crippen LogP contribution in [0.1, 0.15) is 45.8 Å². The molecule has 0 radical (unpaired) electrons. The van der Waals surface area contributed by atoms with Gasteiger partial charge >= 0.3 is 0 Å². The van der Waals surface area contributed by atoms with Crippen LogP contribution in [-0.2, 0) is 4.79 Å². The number of nitrogens with one attached hydrogen (secondary N) is 3. The Kier molecular flexibility index (Phi) is 3.33. The average Bonchev–Trinajstić information content (AvgIpc) is 3.35. The molecule has 5 rings (SSSR count). The van der Waals surface area contributed by atoms with Gasteiger partial charge in [-0.2, -0.15) is 0 Å². The van der Waals surface area contributed by atoms with Crippen LogP contribution in [0.25, 0.3) is 0 Å². The molecule has 3 N–H and O–H groups in total. The second-order valence-corrected chi connectivity index (χ2v) is 8.13. The molecular formula is C19H17N3O3S. The highest BCUT2D eigenvalue weighted by Gasteiger charge is 2.41. The van der Waals surface area contributed by atoms with Crippen molar-refractivity contribution >= 4 is 22.9 Å². The van der Waals surface area contributed by atoms with E-state index < -0.39 is 0 Å². The Balaban J connectivity index is 1.66. The van der Waals surface area contributed by atoms with Crippen molar-refractivity contribution in [3.05, 3.63) is 73.2 Å². The molecule has 3 aromatic rings. The van der Waals surface area contributed by atoms with Gasteiger partial charge in [0.05, 0.1) is 17.7 Å². The number of aromatic amines is 2. The summed E-state index contributed by atoms with van der Waals surface area (Å²) in [6.07, 6.45) is 2.71. The van der Waals surface area contributed by atoms with E-state index in [0.29, 0.717) is 29.8 Å². The second-order valence-electron chi connectivity index (χ2n) is 6.81. The van der Waals surface area contributed by atoms with Gasteiger partial charge in [0, 0.05) is 33.4 Å². The lowest BCUT2D eigenvalue weighted by Crippen LogP contribution is -2.31. The van der Waals surface area contributed by atoms with Crippen molar-refractivity contribution in [2.24, 2.45) is 0 Å². The molecule has 0 saturated heterocycles. The molecule has 7 heteroatoms. The normalized spacial score (nSPS) is 22.1. The monoisotopic (exact) mass is 367 g/mol. The zero-order valence-electron chi connectivity index (χ0n) is 14.1. The smallest absolute Gasteiger partial charge is 0.270 e. The minimum absolute atomic E-state index is 0.0154. The van der Waals surface area contributed by atoms with Gasteiger partial charge in [0.2, 0.25) is 0 Å². The average molecular weight is 367 g/mol. The van der Waals surface area contributed by atoms with E-state index in [9.17, 15) is 9.59 Å². The van der Waals surface area contributed by atoms with Crippen LogP contribution in [-0.4, -0.2) is 16.0 Å². The molecule has 0 amide bonds. The Morgan fingerprint density at radius 3 is 2.77 bits per heavy atom. The highest BCUT2D eigenvalue weighted by molar-refractivity contribution is 7.12. The quantitative estimate of drug-likeness (QED) is 0.645. The first-order chi connectivity index (χ1) is 12.6. The summed E-state index contributed by atoms with van der Waals surface area (Å²) in [7, 11) is 0. The van der Waals surface area contributed by atoms with Crippen LogP contribution in [0, 0.1) is 6.92 Å². The minimum atomic E-state index is -0.319. The van der Waals surface area contributed by atoms with Gasteiger partial charge in [-0.25, -0.2) is 0 Å². The predicted octanol–water partition coefficient (Wildman–Crippen LogP) is 3.62. The number of fused-ring (bicyclic) bond motifs is 1. The number of furan rings is 1. The number of hydrogen-bond acceptors (Lipinski definition) is 5. The Bertz CT molecular complexity index is 1080. The largest absolute Gasteiger partial charge is 0.469 e. The Hall–Kier alpha value is -2.80. The van der Waals surface area contributed by atoms with Crippen molar-refractivity contribution in [2.45, 2.75) is 31.6 Å². The maximum Gasteiger partial charge on any atom is 0.270 e. The lowest BCUT2D eigenvalue weighted by molar-refractivity contribution is -0.116. The summed E-state index contributed by atoms with van der Waals surface area (Å²) < 4.78 is 5.52. The van der Waals surface area contributed by atoms with Crippen molar-refractivity contribution in [3.8, 4) is 0 Å². The molecule has 26 heavy (non-hydrogen) atoms. The van der Waals surface area contributed by atoms with Gasteiger partial charge in [-0.3, -0.25) is 19.8 Å². The Morgan fingerprint density at radius 2 is 2.04 bits per heavy atom. The standard InChI is InChI=1S/C19H17N3O3S/c1-9-4-5-14(26-9)16-15-11(20-18-17(16)19(24)22-21-18)7-10(8-12(15)23)13-3-2-6-25-13/h2-6,10,16H,7-8H2,1H3,(H3,20,21,22,24)/t10-,16+/m1/s1. The minimum Gasteiger partial charge on any atom is -0.469 e. The van der Waals surface area contributed by atoms with Crippen molar-refractivity contribution in [1.82, 2.24) is 10.2 Å². The van der Waals surface area contributed by atoms with Crippen LogP contribution in [0.4, 0.5) is 5.82 Å². The maximum absolute atomic E-state index is 13.1. The topological polar surface area (TPSA) is 90.9 Å². The van der Waals surface area contributed by atoms with Crippen LogP contribution in [0.15, 0.2) is 51.0 Å². The van der Waals surface area contributed by atoms with Gasteiger partial charge in [-0.15, -0.1) is 11.3 Å². The molecule has 0 fully saturated rings. The number of anilines is 1. The van der Waals surface area contributed by atoms with Crippen molar-refractivity contribution in [3.63, 3.8) is 0 Å². The van der Waals surface area contributed by atoms with Gasteiger partial charge in [-0.05, 0) is 37.6 Å². The molecule has 2 atom stereocenters. The van der Waals surface area contributed by atoms with Crippen LogP contribution in [0.2, 0.25) is 0 Å². The summed E-state index contributed by atoms with van der Waals surface area (Å²) >= 11 is 1.63. The fourth-order valence-corrected chi connectivity index (χ4v) is 5.04. The van der Waals surface area contributed by atoms with Gasteiger partial charge in [0.25, 0.3) is 5.56 Å². The Morgan fingerprint density at radius 1 is 1.15 bits per heavy atom. The van der Waals surface area contributed by atoms with Crippen molar-refractivity contribution in [2.75, 3.05) is 5.32 Å². The molecular weight excluding hydrogens is 350 g/mol. The summed E-state index contributed by atoms with van der Waals surface area (Å²) in [4.78, 5) is 27.7. The molecule has 1 aliphatic heterocycles. The van der Waals surface area contributed by atoms with Crippen LogP contribution in [0.5, 0.6) is 0 Å². The third-order valence-electron chi connectivity index (χ3n) is 5.17. The number of carbonyl (C=O) groups is 1. The first-order valence-corrected chi connectivity index (χ1v) is 9.37. The molecule has 4 heterocycles. The number of hydrogen-bond donors (Lipinski definition) is 3. The zero-order chi connectivity index (χ0) is 17.8. The maximum atomic E-state index is 13.1. The van der Waals surface area contributed by atoms with Gasteiger partial charge in [0.1, 0.15) is 11.6 Å². The van der Waals surface area contributed by atoms with Gasteiger partial charge in [0.15, 0.2) is 5.78 Å². The summed E-state index contributed by atoms with van der Waals surface area (Å²) in [5.41, 5.74) is 2.00. The Labute approximate surface area is 152 Å². The summed E-state index contributed by atoms with van der Waals surface area (Å²) in [6.45, 7) is 2.03. The number of aryl methyl sites for hydroxylation is 1. The number of allylic oxidation sites excluding steroid dienone is 2. The number of aromatic nitrogens is 2.